The van der Waals surface area contributed by atoms with Crippen LogP contribution in [0.4, 0.5) is 0 Å². The average molecular weight is 305 g/mol. The lowest BCUT2D eigenvalue weighted by atomic mass is 10.1. The van der Waals surface area contributed by atoms with Crippen LogP contribution in [0.1, 0.15) is 11.8 Å². The molecule has 1 fully saturated rings. The third kappa shape index (κ3) is 3.28. The molecule has 1 aliphatic heterocycles. The van der Waals surface area contributed by atoms with Gasteiger partial charge in [-0.05, 0) is 28.9 Å². The maximum Gasteiger partial charge on any atom is 0.0850 e. The summed E-state index contributed by atoms with van der Waals surface area (Å²) in [4.78, 5) is 3.80. The molecule has 0 aromatic carbocycles. The van der Waals surface area contributed by atoms with E-state index in [-0.39, 0.29) is 12.1 Å². The third-order valence-electron chi connectivity index (χ3n) is 2.77. The van der Waals surface area contributed by atoms with Gasteiger partial charge < -0.3 is 10.5 Å². The number of nitrogens with zero attached hydrogens (tertiary/aromatic N) is 1. The topological polar surface area (TPSA) is 38.5 Å². The zero-order valence-electron chi connectivity index (χ0n) is 9.36. The number of hydrogen-bond acceptors (Lipinski definition) is 4. The van der Waals surface area contributed by atoms with Crippen LogP contribution in [-0.2, 0) is 11.3 Å². The molecule has 0 amide bonds. The van der Waals surface area contributed by atoms with Gasteiger partial charge in [0, 0.05) is 40.4 Å². The van der Waals surface area contributed by atoms with E-state index in [1.807, 2.05) is 6.92 Å². The Morgan fingerprint density at radius 1 is 1.75 bits per heavy atom. The lowest BCUT2D eigenvalue weighted by Gasteiger charge is -2.34. The largest absolute Gasteiger partial charge is 0.374 e. The van der Waals surface area contributed by atoms with Crippen molar-refractivity contribution in [3.8, 4) is 0 Å². The zero-order valence-corrected chi connectivity index (χ0v) is 11.8. The van der Waals surface area contributed by atoms with Crippen molar-refractivity contribution in [3.05, 3.63) is 20.8 Å². The van der Waals surface area contributed by atoms with Gasteiger partial charge in [0.05, 0.1) is 12.7 Å². The fraction of sp³-hybridized carbons (Fsp3) is 0.636. The molecule has 90 valence electrons. The molecular formula is C11H17BrN2OS. The van der Waals surface area contributed by atoms with E-state index in [0.717, 1.165) is 26.2 Å². The van der Waals surface area contributed by atoms with Crippen molar-refractivity contribution < 1.29 is 4.74 Å². The second-order valence-corrected chi connectivity index (χ2v) is 6.15. The minimum Gasteiger partial charge on any atom is -0.374 e. The summed E-state index contributed by atoms with van der Waals surface area (Å²) < 4.78 is 6.81. The van der Waals surface area contributed by atoms with E-state index < -0.39 is 0 Å². The molecule has 1 saturated heterocycles. The Morgan fingerprint density at radius 3 is 3.19 bits per heavy atom. The number of halogens is 1. The molecule has 1 aliphatic rings. The molecule has 16 heavy (non-hydrogen) atoms. The number of rotatable bonds is 3. The van der Waals surface area contributed by atoms with Crippen LogP contribution in [0.3, 0.4) is 0 Å². The lowest BCUT2D eigenvalue weighted by Crippen LogP contribution is -2.49. The Kier molecular flexibility index (Phi) is 4.38. The van der Waals surface area contributed by atoms with E-state index in [4.69, 9.17) is 10.5 Å². The standard InChI is InChI=1S/C11H17BrN2OS/c1-8(13)11-6-14(2-3-15-11)5-10-4-9(12)7-16-10/h4,7-8,11H,2-3,5-6,13H2,1H3. The van der Waals surface area contributed by atoms with E-state index in [2.05, 4.69) is 32.3 Å². The molecule has 0 bridgehead atoms. The molecule has 1 aromatic rings. The maximum absolute atomic E-state index is 5.87. The second kappa shape index (κ2) is 5.60. The van der Waals surface area contributed by atoms with Gasteiger partial charge in [0.25, 0.3) is 0 Å². The summed E-state index contributed by atoms with van der Waals surface area (Å²) >= 11 is 5.27. The molecule has 2 rings (SSSR count). The molecule has 1 aromatic heterocycles. The lowest BCUT2D eigenvalue weighted by molar-refractivity contribution is -0.0400. The summed E-state index contributed by atoms with van der Waals surface area (Å²) in [7, 11) is 0. The van der Waals surface area contributed by atoms with Crippen LogP contribution in [0.5, 0.6) is 0 Å². The zero-order chi connectivity index (χ0) is 11.5. The highest BCUT2D eigenvalue weighted by Gasteiger charge is 2.23. The van der Waals surface area contributed by atoms with Crippen molar-refractivity contribution in [2.45, 2.75) is 25.6 Å². The second-order valence-electron chi connectivity index (χ2n) is 4.23. The van der Waals surface area contributed by atoms with Crippen molar-refractivity contribution in [3.63, 3.8) is 0 Å². The molecule has 0 aliphatic carbocycles. The summed E-state index contributed by atoms with van der Waals surface area (Å²) in [6, 6.07) is 2.29. The predicted molar refractivity (Wildman–Crippen MR) is 70.7 cm³/mol. The van der Waals surface area contributed by atoms with Crippen LogP contribution in [0, 0.1) is 0 Å². The molecule has 2 atom stereocenters. The number of ether oxygens (including phenoxy) is 1. The van der Waals surface area contributed by atoms with Crippen LogP contribution < -0.4 is 5.73 Å². The smallest absolute Gasteiger partial charge is 0.0850 e. The van der Waals surface area contributed by atoms with Gasteiger partial charge in [0.1, 0.15) is 0 Å². The highest BCUT2D eigenvalue weighted by molar-refractivity contribution is 9.10. The van der Waals surface area contributed by atoms with Gasteiger partial charge in [-0.15, -0.1) is 11.3 Å². The summed E-state index contributed by atoms with van der Waals surface area (Å²) in [6.45, 7) is 5.74. The van der Waals surface area contributed by atoms with Crippen molar-refractivity contribution in [2.24, 2.45) is 5.73 Å². The first-order chi connectivity index (χ1) is 7.65. The quantitative estimate of drug-likeness (QED) is 0.929. The number of nitrogens with two attached hydrogens (primary N) is 1. The fourth-order valence-electron chi connectivity index (χ4n) is 1.85. The molecular weight excluding hydrogens is 288 g/mol. The van der Waals surface area contributed by atoms with E-state index in [0.29, 0.717) is 0 Å². The number of morpholine rings is 1. The van der Waals surface area contributed by atoms with Gasteiger partial charge in [-0.25, -0.2) is 0 Å². The number of thiophene rings is 1. The first-order valence-corrected chi connectivity index (χ1v) is 7.15. The molecule has 2 heterocycles. The van der Waals surface area contributed by atoms with Gasteiger partial charge >= 0.3 is 0 Å². The Balaban J connectivity index is 1.90. The van der Waals surface area contributed by atoms with E-state index >= 15 is 0 Å². The molecule has 0 spiro atoms. The molecule has 2 unspecified atom stereocenters. The number of hydrogen-bond donors (Lipinski definition) is 1. The minimum atomic E-state index is 0.109. The third-order valence-corrected chi connectivity index (χ3v) is 4.45. The highest BCUT2D eigenvalue weighted by Crippen LogP contribution is 2.22. The Bertz CT molecular complexity index is 342. The van der Waals surface area contributed by atoms with Crippen molar-refractivity contribution in [2.75, 3.05) is 19.7 Å². The normalized spacial score (nSPS) is 24.6. The van der Waals surface area contributed by atoms with Crippen LogP contribution >= 0.6 is 27.3 Å². The minimum absolute atomic E-state index is 0.109. The van der Waals surface area contributed by atoms with Gasteiger partial charge in [0.2, 0.25) is 0 Å². The van der Waals surface area contributed by atoms with Gasteiger partial charge in [-0.2, -0.15) is 0 Å². The predicted octanol–water partition coefficient (Wildman–Crippen LogP) is 2.06. The average Bonchev–Trinajstić information content (AvgIpc) is 2.64. The van der Waals surface area contributed by atoms with Crippen molar-refractivity contribution >= 4 is 27.3 Å². The van der Waals surface area contributed by atoms with Crippen LogP contribution in [0.15, 0.2) is 15.9 Å². The first kappa shape index (κ1) is 12.5. The maximum atomic E-state index is 5.87. The Labute approximate surface area is 109 Å². The van der Waals surface area contributed by atoms with Crippen LogP contribution in [0.25, 0.3) is 0 Å². The van der Waals surface area contributed by atoms with E-state index in [1.54, 1.807) is 11.3 Å². The van der Waals surface area contributed by atoms with Gasteiger partial charge in [-0.1, -0.05) is 0 Å². The first-order valence-electron chi connectivity index (χ1n) is 5.47. The van der Waals surface area contributed by atoms with Crippen molar-refractivity contribution in [1.29, 1.82) is 0 Å². The Hall–Kier alpha value is 0.0600. The summed E-state index contributed by atoms with van der Waals surface area (Å²) in [5.74, 6) is 0. The van der Waals surface area contributed by atoms with Crippen LogP contribution in [-0.4, -0.2) is 36.7 Å². The highest BCUT2D eigenvalue weighted by atomic mass is 79.9. The van der Waals surface area contributed by atoms with Crippen molar-refractivity contribution in [1.82, 2.24) is 4.90 Å². The van der Waals surface area contributed by atoms with E-state index in [9.17, 15) is 0 Å². The molecule has 0 radical (unpaired) electrons. The van der Waals surface area contributed by atoms with Crippen LogP contribution in [0.2, 0.25) is 0 Å². The molecule has 5 heteroatoms. The summed E-state index contributed by atoms with van der Waals surface area (Å²) in [5, 5.41) is 2.12. The summed E-state index contributed by atoms with van der Waals surface area (Å²) in [6.07, 6.45) is 0.178. The molecule has 3 nitrogen and oxygen atoms in total. The van der Waals surface area contributed by atoms with Gasteiger partial charge in [0.15, 0.2) is 0 Å². The fourth-order valence-corrected chi connectivity index (χ4v) is 3.34. The summed E-state index contributed by atoms with van der Waals surface area (Å²) in [5.41, 5.74) is 5.87. The molecule has 0 saturated carbocycles. The van der Waals surface area contributed by atoms with E-state index in [1.165, 1.54) is 9.35 Å². The molecule has 2 N–H and O–H groups in total. The monoisotopic (exact) mass is 304 g/mol. The Morgan fingerprint density at radius 2 is 2.56 bits per heavy atom. The van der Waals surface area contributed by atoms with Gasteiger partial charge in [-0.3, -0.25) is 4.90 Å². The SMILES string of the molecule is CC(N)C1CN(Cc2cc(Br)cs2)CCO1.